The van der Waals surface area contributed by atoms with E-state index in [0.29, 0.717) is 23.7 Å². The summed E-state index contributed by atoms with van der Waals surface area (Å²) < 4.78 is 11.2. The third-order valence-corrected chi connectivity index (χ3v) is 10.8. The zero-order valence-electron chi connectivity index (χ0n) is 30.4. The number of benzene rings is 3. The van der Waals surface area contributed by atoms with E-state index in [0.717, 1.165) is 52.6 Å². The van der Waals surface area contributed by atoms with E-state index in [1.165, 1.54) is 46.0 Å². The zero-order chi connectivity index (χ0) is 34.4. The van der Waals surface area contributed by atoms with Gasteiger partial charge in [0.15, 0.2) is 0 Å². The highest BCUT2D eigenvalue weighted by Gasteiger charge is 2.34. The van der Waals surface area contributed by atoms with Gasteiger partial charge in [0.2, 0.25) is 0 Å². The number of rotatable bonds is 9. The van der Waals surface area contributed by atoms with Crippen LogP contribution in [0.2, 0.25) is 0 Å². The van der Waals surface area contributed by atoms with Crippen LogP contribution in [0.15, 0.2) is 90.6 Å². The molecule has 0 saturated heterocycles. The predicted molar refractivity (Wildman–Crippen MR) is 204 cm³/mol. The summed E-state index contributed by atoms with van der Waals surface area (Å²) in [6, 6.07) is 25.9. The van der Waals surface area contributed by atoms with Crippen LogP contribution < -0.4 is 4.74 Å². The maximum atomic E-state index is 6.76. The molecule has 6 aromatic rings. The highest BCUT2D eigenvalue weighted by molar-refractivity contribution is 6.09. The lowest BCUT2D eigenvalue weighted by atomic mass is 9.69. The number of hydrogen-bond acceptors (Lipinski definition) is 3. The maximum Gasteiger partial charge on any atom is 0.137 e. The van der Waals surface area contributed by atoms with E-state index in [4.69, 9.17) is 14.8 Å². The average molecular weight is 651 g/mol. The van der Waals surface area contributed by atoms with Crippen LogP contribution in [0, 0.1) is 25.7 Å². The highest BCUT2D eigenvalue weighted by atomic mass is 16.5. The highest BCUT2D eigenvalue weighted by Crippen LogP contribution is 2.46. The lowest BCUT2D eigenvalue weighted by molar-refractivity contribution is 0.347. The van der Waals surface area contributed by atoms with Crippen molar-refractivity contribution in [3.63, 3.8) is 0 Å². The van der Waals surface area contributed by atoms with Crippen molar-refractivity contribution in [1.82, 2.24) is 19.3 Å². The smallest absolute Gasteiger partial charge is 0.137 e. The summed E-state index contributed by atoms with van der Waals surface area (Å²) in [6.07, 6.45) is 8.90. The molecule has 0 radical (unpaired) electrons. The summed E-state index contributed by atoms with van der Waals surface area (Å²) in [4.78, 5) is 4.80. The Morgan fingerprint density at radius 2 is 1.65 bits per heavy atom. The van der Waals surface area contributed by atoms with Crippen molar-refractivity contribution < 1.29 is 4.74 Å². The summed E-state index contributed by atoms with van der Waals surface area (Å²) >= 11 is 0. The van der Waals surface area contributed by atoms with Gasteiger partial charge >= 0.3 is 0 Å². The molecule has 3 aromatic heterocycles. The second-order valence-corrected chi connectivity index (χ2v) is 14.4. The van der Waals surface area contributed by atoms with E-state index >= 15 is 0 Å². The fraction of sp³-hybridized carbons (Fsp3) is 0.364. The first-order valence-electron chi connectivity index (χ1n) is 18.3. The van der Waals surface area contributed by atoms with Gasteiger partial charge in [0.25, 0.3) is 0 Å². The molecule has 1 unspecified atom stereocenters. The Morgan fingerprint density at radius 3 is 2.41 bits per heavy atom. The number of aromatic nitrogens is 4. The third kappa shape index (κ3) is 5.98. The van der Waals surface area contributed by atoms with Gasteiger partial charge in [0, 0.05) is 46.3 Å². The van der Waals surface area contributed by atoms with Crippen LogP contribution in [0.5, 0.6) is 11.5 Å². The molecule has 1 aliphatic rings. The van der Waals surface area contributed by atoms with Crippen LogP contribution in [0.3, 0.4) is 0 Å². The molecule has 0 spiro atoms. The Labute approximate surface area is 291 Å². The fourth-order valence-corrected chi connectivity index (χ4v) is 8.29. The van der Waals surface area contributed by atoms with Crippen LogP contribution in [0.4, 0.5) is 0 Å². The van der Waals surface area contributed by atoms with Gasteiger partial charge in [-0.1, -0.05) is 77.8 Å². The molecule has 0 amide bonds. The molecule has 5 heteroatoms. The van der Waals surface area contributed by atoms with Crippen molar-refractivity contribution in [2.75, 3.05) is 0 Å². The Kier molecular flexibility index (Phi) is 8.96. The lowest BCUT2D eigenvalue weighted by Gasteiger charge is -2.35. The Morgan fingerprint density at radius 1 is 0.857 bits per heavy atom. The number of hydrogen-bond donors (Lipinski definition) is 0. The van der Waals surface area contributed by atoms with Crippen molar-refractivity contribution in [2.24, 2.45) is 11.8 Å². The van der Waals surface area contributed by atoms with Crippen LogP contribution >= 0.6 is 0 Å². The second-order valence-electron chi connectivity index (χ2n) is 14.4. The number of fused-ring (bicyclic) bond motifs is 3. The van der Waals surface area contributed by atoms with Gasteiger partial charge in [0.1, 0.15) is 17.3 Å². The average Bonchev–Trinajstić information content (AvgIpc) is 3.59. The van der Waals surface area contributed by atoms with Crippen molar-refractivity contribution in [2.45, 2.75) is 92.9 Å². The molecular formula is C44H50N4O. The minimum atomic E-state index is 0.333. The van der Waals surface area contributed by atoms with Crippen LogP contribution in [-0.4, -0.2) is 19.3 Å². The topological polar surface area (TPSA) is 44.9 Å². The molecule has 3 aromatic carbocycles. The summed E-state index contributed by atoms with van der Waals surface area (Å²) in [5.74, 6) is 4.56. The number of aryl methyl sites for hydroxylation is 2. The molecule has 5 nitrogen and oxygen atoms in total. The summed E-state index contributed by atoms with van der Waals surface area (Å²) in [5, 5.41) is 7.60. The maximum absolute atomic E-state index is 6.76. The van der Waals surface area contributed by atoms with E-state index in [1.54, 1.807) is 5.57 Å². The van der Waals surface area contributed by atoms with Gasteiger partial charge in [-0.15, -0.1) is 0 Å². The molecular weight excluding hydrogens is 601 g/mol. The van der Waals surface area contributed by atoms with Gasteiger partial charge in [-0.3, -0.25) is 4.57 Å². The minimum absolute atomic E-state index is 0.333. The second kappa shape index (κ2) is 13.3. The molecule has 3 heterocycles. The normalized spacial score (nSPS) is 18.1. The summed E-state index contributed by atoms with van der Waals surface area (Å²) in [7, 11) is 0. The summed E-state index contributed by atoms with van der Waals surface area (Å²) in [6.45, 7) is 18.1. The first-order chi connectivity index (χ1) is 23.7. The van der Waals surface area contributed by atoms with Crippen LogP contribution in [0.1, 0.15) is 101 Å². The van der Waals surface area contributed by atoms with Crippen molar-refractivity contribution in [3.05, 3.63) is 119 Å². The van der Waals surface area contributed by atoms with Gasteiger partial charge in [-0.2, -0.15) is 5.10 Å². The number of para-hydroxylation sites is 1. The van der Waals surface area contributed by atoms with E-state index in [-0.39, 0.29) is 0 Å². The molecule has 0 bridgehead atoms. The predicted octanol–water partition coefficient (Wildman–Crippen LogP) is 11.9. The zero-order valence-corrected chi connectivity index (χ0v) is 30.4. The molecule has 1 aliphatic carbocycles. The quantitative estimate of drug-likeness (QED) is 0.146. The minimum Gasteiger partial charge on any atom is -0.457 e. The number of ether oxygens (including phenoxy) is 1. The van der Waals surface area contributed by atoms with Crippen LogP contribution in [-0.2, 0) is 6.42 Å². The molecule has 3 atom stereocenters. The SMILES string of the molecule is CCC1=C[C@H](C)CC(CC)[C@H]1c1c(C)nn(-c2cc(Oc3ccc4c5ccccc5n(-c5cc(CC)ccn5)c4c3)cc(C(C)C)c2)c1C. The number of allylic oxidation sites excluding steroid dienone is 2. The first kappa shape index (κ1) is 32.9. The van der Waals surface area contributed by atoms with E-state index in [2.05, 4.69) is 144 Å². The molecule has 0 saturated carbocycles. The van der Waals surface area contributed by atoms with Gasteiger partial charge < -0.3 is 4.74 Å². The standard InChI is InChI=1S/C44H50N4O/c1-9-31-18-19-45-42(22-31)47-40-15-13-12-14-38(40)39-17-16-36(26-41(39)47)49-37-24-34(27(4)5)23-35(25-37)48-30(8)43(29(7)46-48)44-32(10-2)20-28(6)21-33(44)11-3/h12-20,22-28,33,44H,9-11,21H2,1-8H3/t28-,33?,44-/m0/s1. The first-order valence-corrected chi connectivity index (χ1v) is 18.3. The Balaban J connectivity index is 1.31. The third-order valence-electron chi connectivity index (χ3n) is 10.8. The molecule has 0 fully saturated rings. The lowest BCUT2D eigenvalue weighted by Crippen LogP contribution is -2.23. The van der Waals surface area contributed by atoms with Gasteiger partial charge in [-0.05, 0) is 104 Å². The van der Waals surface area contributed by atoms with Crippen molar-refractivity contribution in [3.8, 4) is 23.0 Å². The molecule has 7 rings (SSSR count). The van der Waals surface area contributed by atoms with E-state index in [9.17, 15) is 0 Å². The summed E-state index contributed by atoms with van der Waals surface area (Å²) in [5.41, 5.74) is 11.1. The Bertz CT molecular complexity index is 2180. The van der Waals surface area contributed by atoms with Gasteiger partial charge in [-0.25, -0.2) is 9.67 Å². The van der Waals surface area contributed by atoms with Crippen molar-refractivity contribution in [1.29, 1.82) is 0 Å². The fourth-order valence-electron chi connectivity index (χ4n) is 8.29. The molecule has 0 N–H and O–H groups in total. The van der Waals surface area contributed by atoms with Gasteiger partial charge in [0.05, 0.1) is 22.4 Å². The largest absolute Gasteiger partial charge is 0.457 e. The van der Waals surface area contributed by atoms with E-state index < -0.39 is 0 Å². The number of pyridine rings is 1. The van der Waals surface area contributed by atoms with Crippen LogP contribution in [0.25, 0.3) is 33.3 Å². The molecule has 252 valence electrons. The molecule has 0 aliphatic heterocycles. The monoisotopic (exact) mass is 650 g/mol. The molecule has 49 heavy (non-hydrogen) atoms. The Hall–Kier alpha value is -4.64. The van der Waals surface area contributed by atoms with Crippen molar-refractivity contribution >= 4 is 21.8 Å². The van der Waals surface area contributed by atoms with E-state index in [1.807, 2.05) is 6.20 Å². The number of nitrogens with zero attached hydrogens (tertiary/aromatic N) is 4.